The van der Waals surface area contributed by atoms with Gasteiger partial charge in [0.05, 0.1) is 10.5 Å². The van der Waals surface area contributed by atoms with Crippen LogP contribution in [0.5, 0.6) is 0 Å². The lowest BCUT2D eigenvalue weighted by Gasteiger charge is -2.08. The van der Waals surface area contributed by atoms with Crippen LogP contribution in [-0.4, -0.2) is 21.5 Å². The molecule has 0 atom stereocenters. The van der Waals surface area contributed by atoms with Gasteiger partial charge in [0.15, 0.2) is 5.82 Å². The minimum Gasteiger partial charge on any atom is -0.370 e. The third-order valence-corrected chi connectivity index (χ3v) is 3.62. The van der Waals surface area contributed by atoms with E-state index in [0.29, 0.717) is 17.2 Å². The summed E-state index contributed by atoms with van der Waals surface area (Å²) in [7, 11) is 0. The van der Waals surface area contributed by atoms with Crippen LogP contribution in [0.3, 0.4) is 0 Å². The molecule has 2 heterocycles. The van der Waals surface area contributed by atoms with Gasteiger partial charge < -0.3 is 5.32 Å². The van der Waals surface area contributed by atoms with Gasteiger partial charge in [-0.05, 0) is 26.0 Å². The maximum atomic E-state index is 13.4. The smallest absolute Gasteiger partial charge is 0.181 e. The van der Waals surface area contributed by atoms with Crippen molar-refractivity contribution in [3.05, 3.63) is 34.4 Å². The molecular formula is C14H13FN4S. The minimum absolute atomic E-state index is 0.306. The molecule has 0 fully saturated rings. The highest BCUT2D eigenvalue weighted by Gasteiger charge is 2.11. The van der Waals surface area contributed by atoms with Crippen molar-refractivity contribution < 1.29 is 4.39 Å². The van der Waals surface area contributed by atoms with E-state index in [1.54, 1.807) is 17.4 Å². The molecule has 0 unspecified atom stereocenters. The lowest BCUT2D eigenvalue weighted by molar-refractivity contribution is 0.629. The van der Waals surface area contributed by atoms with Crippen molar-refractivity contribution in [2.75, 3.05) is 11.9 Å². The number of aromatic nitrogens is 3. The molecule has 0 aliphatic rings. The number of nitrogens with zero attached hydrogens (tertiary/aromatic N) is 3. The van der Waals surface area contributed by atoms with Gasteiger partial charge in [-0.15, -0.1) is 11.3 Å². The van der Waals surface area contributed by atoms with E-state index in [9.17, 15) is 4.39 Å². The van der Waals surface area contributed by atoms with Gasteiger partial charge in [0.1, 0.15) is 17.3 Å². The lowest BCUT2D eigenvalue weighted by Crippen LogP contribution is -2.03. The summed E-state index contributed by atoms with van der Waals surface area (Å²) in [6, 6.07) is 4.53. The Morgan fingerprint density at radius 1 is 1.25 bits per heavy atom. The quantitative estimate of drug-likeness (QED) is 0.799. The molecule has 0 saturated heterocycles. The van der Waals surface area contributed by atoms with Gasteiger partial charge in [0, 0.05) is 23.4 Å². The number of hydrogen-bond acceptors (Lipinski definition) is 5. The third kappa shape index (κ3) is 2.34. The first-order valence-electron chi connectivity index (χ1n) is 6.31. The second-order valence-electron chi connectivity index (χ2n) is 4.34. The van der Waals surface area contributed by atoms with Crippen LogP contribution in [0.25, 0.3) is 22.4 Å². The van der Waals surface area contributed by atoms with Gasteiger partial charge >= 0.3 is 0 Å². The van der Waals surface area contributed by atoms with E-state index in [-0.39, 0.29) is 5.82 Å². The SMILES string of the molecule is CCNc1nc(-c2csc(C)n2)nc2cc(F)ccc12. The first kappa shape index (κ1) is 12.9. The van der Waals surface area contributed by atoms with E-state index in [4.69, 9.17) is 0 Å². The Morgan fingerprint density at radius 2 is 2.10 bits per heavy atom. The average Bonchev–Trinajstić information content (AvgIpc) is 2.85. The van der Waals surface area contributed by atoms with Crippen LogP contribution in [0.2, 0.25) is 0 Å². The number of fused-ring (bicyclic) bond motifs is 1. The molecule has 0 radical (unpaired) electrons. The van der Waals surface area contributed by atoms with Gasteiger partial charge in [0.25, 0.3) is 0 Å². The number of thiazole rings is 1. The molecule has 20 heavy (non-hydrogen) atoms. The van der Waals surface area contributed by atoms with Gasteiger partial charge in [-0.25, -0.2) is 19.3 Å². The molecule has 1 aromatic carbocycles. The van der Waals surface area contributed by atoms with Gasteiger partial charge in [-0.2, -0.15) is 0 Å². The summed E-state index contributed by atoms with van der Waals surface area (Å²) in [5, 5.41) is 6.86. The second kappa shape index (κ2) is 5.13. The van der Waals surface area contributed by atoms with Gasteiger partial charge in [-0.3, -0.25) is 0 Å². The molecule has 4 nitrogen and oxygen atoms in total. The molecule has 3 aromatic rings. The zero-order chi connectivity index (χ0) is 14.1. The van der Waals surface area contributed by atoms with Crippen LogP contribution in [0.4, 0.5) is 10.2 Å². The van der Waals surface area contributed by atoms with E-state index < -0.39 is 0 Å². The predicted molar refractivity (Wildman–Crippen MR) is 79.5 cm³/mol. The Balaban J connectivity index is 2.23. The largest absolute Gasteiger partial charge is 0.370 e. The number of halogens is 1. The van der Waals surface area contributed by atoms with E-state index >= 15 is 0 Å². The Bertz CT molecular complexity index is 769. The molecule has 0 saturated carbocycles. The third-order valence-electron chi connectivity index (χ3n) is 2.85. The number of hydrogen-bond donors (Lipinski definition) is 1. The van der Waals surface area contributed by atoms with E-state index in [0.717, 1.165) is 22.6 Å². The fourth-order valence-electron chi connectivity index (χ4n) is 1.99. The van der Waals surface area contributed by atoms with Crippen LogP contribution in [0, 0.1) is 12.7 Å². The van der Waals surface area contributed by atoms with E-state index in [2.05, 4.69) is 20.3 Å². The van der Waals surface area contributed by atoms with Crippen LogP contribution < -0.4 is 5.32 Å². The fraction of sp³-hybridized carbons (Fsp3) is 0.214. The summed E-state index contributed by atoms with van der Waals surface area (Å²) in [4.78, 5) is 13.3. The molecule has 0 amide bonds. The molecule has 6 heteroatoms. The lowest BCUT2D eigenvalue weighted by atomic mass is 10.2. The Labute approximate surface area is 119 Å². The molecule has 3 rings (SSSR count). The average molecular weight is 288 g/mol. The normalized spacial score (nSPS) is 10.9. The molecule has 0 aliphatic carbocycles. The Kier molecular flexibility index (Phi) is 3.31. The second-order valence-corrected chi connectivity index (χ2v) is 5.40. The number of aryl methyl sites for hydroxylation is 1. The van der Waals surface area contributed by atoms with Crippen molar-refractivity contribution in [1.82, 2.24) is 15.0 Å². The topological polar surface area (TPSA) is 50.7 Å². The van der Waals surface area contributed by atoms with E-state index in [1.807, 2.05) is 19.2 Å². The van der Waals surface area contributed by atoms with Crippen molar-refractivity contribution in [3.8, 4) is 11.5 Å². The number of nitrogens with one attached hydrogen (secondary N) is 1. The predicted octanol–water partition coefficient (Wildman–Crippen LogP) is 3.63. The molecule has 2 aromatic heterocycles. The number of benzene rings is 1. The molecule has 1 N–H and O–H groups in total. The van der Waals surface area contributed by atoms with Crippen molar-refractivity contribution in [2.24, 2.45) is 0 Å². The summed E-state index contributed by atoms with van der Waals surface area (Å²) in [5.74, 6) is 0.917. The van der Waals surface area contributed by atoms with Gasteiger partial charge in [0.2, 0.25) is 0 Å². The number of rotatable bonds is 3. The summed E-state index contributed by atoms with van der Waals surface area (Å²) < 4.78 is 13.4. The molecule has 0 spiro atoms. The molecule has 0 aliphatic heterocycles. The maximum Gasteiger partial charge on any atom is 0.181 e. The Hall–Kier alpha value is -2.08. The highest BCUT2D eigenvalue weighted by molar-refractivity contribution is 7.09. The van der Waals surface area contributed by atoms with Crippen LogP contribution in [0.1, 0.15) is 11.9 Å². The zero-order valence-corrected chi connectivity index (χ0v) is 12.0. The first-order chi connectivity index (χ1) is 9.67. The summed E-state index contributed by atoms with van der Waals surface area (Å²) >= 11 is 1.54. The molecular weight excluding hydrogens is 275 g/mol. The van der Waals surface area contributed by atoms with E-state index in [1.165, 1.54) is 12.1 Å². The summed E-state index contributed by atoms with van der Waals surface area (Å²) in [5.41, 5.74) is 1.30. The van der Waals surface area contributed by atoms with Gasteiger partial charge in [-0.1, -0.05) is 0 Å². The minimum atomic E-state index is -0.306. The van der Waals surface area contributed by atoms with Crippen molar-refractivity contribution in [3.63, 3.8) is 0 Å². The molecule has 0 bridgehead atoms. The summed E-state index contributed by atoms with van der Waals surface area (Å²) in [6.45, 7) is 4.66. The highest BCUT2D eigenvalue weighted by Crippen LogP contribution is 2.26. The zero-order valence-electron chi connectivity index (χ0n) is 11.1. The van der Waals surface area contributed by atoms with Crippen molar-refractivity contribution >= 4 is 28.1 Å². The highest BCUT2D eigenvalue weighted by atomic mass is 32.1. The maximum absolute atomic E-state index is 13.4. The Morgan fingerprint density at radius 3 is 2.80 bits per heavy atom. The standard InChI is InChI=1S/C14H13FN4S/c1-3-16-13-10-5-4-9(15)6-11(10)18-14(19-13)12-7-20-8(2)17-12/h4-7H,3H2,1-2H3,(H,16,18,19). The monoisotopic (exact) mass is 288 g/mol. The van der Waals surface area contributed by atoms with Crippen molar-refractivity contribution in [1.29, 1.82) is 0 Å². The fourth-order valence-corrected chi connectivity index (χ4v) is 2.58. The van der Waals surface area contributed by atoms with Crippen LogP contribution >= 0.6 is 11.3 Å². The molecule has 102 valence electrons. The van der Waals surface area contributed by atoms with Crippen molar-refractivity contribution in [2.45, 2.75) is 13.8 Å². The van der Waals surface area contributed by atoms with Crippen LogP contribution in [-0.2, 0) is 0 Å². The first-order valence-corrected chi connectivity index (χ1v) is 7.19. The number of anilines is 1. The summed E-state index contributed by atoms with van der Waals surface area (Å²) in [6.07, 6.45) is 0. The van der Waals surface area contributed by atoms with Crippen LogP contribution in [0.15, 0.2) is 23.6 Å².